The monoisotopic (exact) mass is 490 g/mol. The number of carbonyl (C=O) groups excluding carboxylic acids is 3. The highest BCUT2D eigenvalue weighted by atomic mass is 32.1. The van der Waals surface area contributed by atoms with Gasteiger partial charge in [-0.25, -0.2) is 9.97 Å². The van der Waals surface area contributed by atoms with Crippen LogP contribution in [0.5, 0.6) is 0 Å². The van der Waals surface area contributed by atoms with Gasteiger partial charge in [-0.05, 0) is 30.0 Å². The number of aryl methyl sites for hydroxylation is 1. The smallest absolute Gasteiger partial charge is 0.289 e. The lowest BCUT2D eigenvalue weighted by atomic mass is 10.0. The third-order valence-electron chi connectivity index (χ3n) is 5.44. The molecular weight excluding hydrogens is 464 g/mol. The van der Waals surface area contributed by atoms with Crippen LogP contribution in [0.2, 0.25) is 0 Å². The summed E-state index contributed by atoms with van der Waals surface area (Å²) in [7, 11) is 0. The Morgan fingerprint density at radius 1 is 1.03 bits per heavy atom. The van der Waals surface area contributed by atoms with Gasteiger partial charge in [0.05, 0.1) is 12.0 Å². The second-order valence-electron chi connectivity index (χ2n) is 8.53. The standard InChI is InChI=1S/C25H26N6O3S/c1-14(2)11-19(28-24(34)21-15(3)26-13-27-21)22(32)30-31-23(33)20-12-35-25(29-20)18-10-6-8-16-7-4-5-9-17(16)18/h4-10,12-14,19H,11H2,1-3H3,(H,26,27)(H,28,34)(H,30,32)(H,31,33)/t19-/m0/s1. The summed E-state index contributed by atoms with van der Waals surface area (Å²) in [6.45, 7) is 5.58. The minimum absolute atomic E-state index is 0.131. The summed E-state index contributed by atoms with van der Waals surface area (Å²) < 4.78 is 0. The third kappa shape index (κ3) is 5.55. The zero-order valence-electron chi connectivity index (χ0n) is 19.6. The first-order valence-corrected chi connectivity index (χ1v) is 12.1. The van der Waals surface area contributed by atoms with E-state index < -0.39 is 23.8 Å². The molecule has 2 aromatic carbocycles. The molecule has 2 heterocycles. The van der Waals surface area contributed by atoms with Gasteiger partial charge in [0.2, 0.25) is 0 Å². The van der Waals surface area contributed by atoms with Crippen LogP contribution >= 0.6 is 11.3 Å². The molecule has 4 rings (SSSR count). The summed E-state index contributed by atoms with van der Waals surface area (Å²) in [5.74, 6) is -1.38. The van der Waals surface area contributed by atoms with Crippen molar-refractivity contribution in [2.45, 2.75) is 33.2 Å². The third-order valence-corrected chi connectivity index (χ3v) is 6.32. The Labute approximate surface area is 206 Å². The van der Waals surface area contributed by atoms with Gasteiger partial charge in [0.25, 0.3) is 17.7 Å². The largest absolute Gasteiger partial charge is 0.340 e. The molecule has 2 aromatic heterocycles. The fourth-order valence-electron chi connectivity index (χ4n) is 3.71. The number of H-pyrrole nitrogens is 1. The first kappa shape index (κ1) is 24.1. The Kier molecular flexibility index (Phi) is 7.21. The molecule has 0 aliphatic rings. The lowest BCUT2D eigenvalue weighted by molar-refractivity contribution is -0.124. The minimum Gasteiger partial charge on any atom is -0.340 e. The molecular formula is C25H26N6O3S. The summed E-state index contributed by atoms with van der Waals surface area (Å²) in [5.41, 5.74) is 6.77. The van der Waals surface area contributed by atoms with Gasteiger partial charge in [0.1, 0.15) is 22.4 Å². The number of hydrazine groups is 1. The Hall–Kier alpha value is -4.05. The van der Waals surface area contributed by atoms with E-state index in [9.17, 15) is 14.4 Å². The molecule has 3 amide bonds. The maximum atomic E-state index is 12.8. The summed E-state index contributed by atoms with van der Waals surface area (Å²) in [5, 5.41) is 7.19. The lowest BCUT2D eigenvalue weighted by Crippen LogP contribution is -2.52. The maximum absolute atomic E-state index is 12.8. The molecule has 0 aliphatic carbocycles. The molecule has 10 heteroatoms. The number of fused-ring (bicyclic) bond motifs is 1. The second kappa shape index (κ2) is 10.5. The Morgan fingerprint density at radius 2 is 1.80 bits per heavy atom. The molecule has 0 saturated heterocycles. The minimum atomic E-state index is -0.841. The van der Waals surface area contributed by atoms with Crippen molar-refractivity contribution in [3.05, 3.63) is 71.3 Å². The molecule has 0 aliphatic heterocycles. The molecule has 0 fully saturated rings. The summed E-state index contributed by atoms with van der Waals surface area (Å²) in [6.07, 6.45) is 1.81. The number of hydrogen-bond donors (Lipinski definition) is 4. The normalized spacial score (nSPS) is 11.9. The molecule has 0 saturated carbocycles. The number of aromatic amines is 1. The van der Waals surface area contributed by atoms with Crippen LogP contribution in [0.25, 0.3) is 21.3 Å². The van der Waals surface area contributed by atoms with Crippen molar-refractivity contribution in [3.63, 3.8) is 0 Å². The highest BCUT2D eigenvalue weighted by Crippen LogP contribution is 2.30. The van der Waals surface area contributed by atoms with E-state index in [1.54, 1.807) is 12.3 Å². The molecule has 9 nitrogen and oxygen atoms in total. The van der Waals surface area contributed by atoms with E-state index >= 15 is 0 Å². The Bertz CT molecular complexity index is 1370. The molecule has 0 spiro atoms. The number of rotatable bonds is 7. The molecule has 4 aromatic rings. The van der Waals surface area contributed by atoms with Gasteiger partial charge >= 0.3 is 0 Å². The van der Waals surface area contributed by atoms with Crippen LogP contribution in [-0.4, -0.2) is 38.7 Å². The van der Waals surface area contributed by atoms with Crippen molar-refractivity contribution >= 4 is 39.8 Å². The Morgan fingerprint density at radius 3 is 2.54 bits per heavy atom. The van der Waals surface area contributed by atoms with E-state index in [2.05, 4.69) is 31.1 Å². The van der Waals surface area contributed by atoms with Crippen molar-refractivity contribution in [2.75, 3.05) is 0 Å². The van der Waals surface area contributed by atoms with Crippen LogP contribution in [0.1, 0.15) is 46.9 Å². The number of nitrogens with zero attached hydrogens (tertiary/aromatic N) is 2. The molecule has 35 heavy (non-hydrogen) atoms. The molecule has 180 valence electrons. The van der Waals surface area contributed by atoms with Gasteiger partial charge in [-0.15, -0.1) is 11.3 Å². The van der Waals surface area contributed by atoms with Crippen molar-refractivity contribution in [3.8, 4) is 10.6 Å². The fraction of sp³-hybridized carbons (Fsp3) is 0.240. The maximum Gasteiger partial charge on any atom is 0.289 e. The zero-order chi connectivity index (χ0) is 24.9. The van der Waals surface area contributed by atoms with Crippen molar-refractivity contribution in [1.29, 1.82) is 0 Å². The molecule has 1 atom stereocenters. The average Bonchev–Trinajstić information content (AvgIpc) is 3.50. The van der Waals surface area contributed by atoms with Crippen molar-refractivity contribution < 1.29 is 14.4 Å². The molecule has 4 N–H and O–H groups in total. The fourth-order valence-corrected chi connectivity index (χ4v) is 4.55. The Balaban J connectivity index is 1.42. The first-order chi connectivity index (χ1) is 16.8. The molecule has 0 bridgehead atoms. The van der Waals surface area contributed by atoms with E-state index in [1.165, 1.54) is 17.7 Å². The van der Waals surface area contributed by atoms with Crippen molar-refractivity contribution in [1.82, 2.24) is 31.1 Å². The van der Waals surface area contributed by atoms with Crippen LogP contribution in [0.3, 0.4) is 0 Å². The van der Waals surface area contributed by atoms with Crippen LogP contribution < -0.4 is 16.2 Å². The number of imidazole rings is 1. The predicted molar refractivity (Wildman–Crippen MR) is 135 cm³/mol. The number of amides is 3. The van der Waals surface area contributed by atoms with Crippen LogP contribution in [-0.2, 0) is 4.79 Å². The van der Waals surface area contributed by atoms with E-state index in [4.69, 9.17) is 0 Å². The van der Waals surface area contributed by atoms with E-state index in [1.807, 2.05) is 56.3 Å². The average molecular weight is 491 g/mol. The number of thiazole rings is 1. The lowest BCUT2D eigenvalue weighted by Gasteiger charge is -2.20. The predicted octanol–water partition coefficient (Wildman–Crippen LogP) is 3.60. The van der Waals surface area contributed by atoms with E-state index in [0.717, 1.165) is 16.3 Å². The van der Waals surface area contributed by atoms with Gasteiger partial charge in [-0.3, -0.25) is 25.2 Å². The van der Waals surface area contributed by atoms with Crippen LogP contribution in [0.4, 0.5) is 0 Å². The van der Waals surface area contributed by atoms with E-state index in [-0.39, 0.29) is 11.6 Å². The van der Waals surface area contributed by atoms with Crippen LogP contribution in [0.15, 0.2) is 54.2 Å². The second-order valence-corrected chi connectivity index (χ2v) is 9.38. The zero-order valence-corrected chi connectivity index (χ0v) is 20.4. The molecule has 0 radical (unpaired) electrons. The van der Waals surface area contributed by atoms with Gasteiger partial charge in [-0.1, -0.05) is 56.3 Å². The quantitative estimate of drug-likeness (QED) is 0.294. The van der Waals surface area contributed by atoms with Crippen molar-refractivity contribution in [2.24, 2.45) is 5.92 Å². The highest BCUT2D eigenvalue weighted by molar-refractivity contribution is 7.13. The van der Waals surface area contributed by atoms with Gasteiger partial charge in [0, 0.05) is 10.9 Å². The first-order valence-electron chi connectivity index (χ1n) is 11.2. The number of hydrogen-bond acceptors (Lipinski definition) is 6. The van der Waals surface area contributed by atoms with Crippen LogP contribution in [0, 0.1) is 12.8 Å². The topological polar surface area (TPSA) is 129 Å². The van der Waals surface area contributed by atoms with Gasteiger partial charge < -0.3 is 10.3 Å². The van der Waals surface area contributed by atoms with E-state index in [0.29, 0.717) is 22.8 Å². The highest BCUT2D eigenvalue weighted by Gasteiger charge is 2.25. The summed E-state index contributed by atoms with van der Waals surface area (Å²) in [6, 6.07) is 13.1. The summed E-state index contributed by atoms with van der Waals surface area (Å²) >= 11 is 1.35. The number of aromatic nitrogens is 3. The van der Waals surface area contributed by atoms with Gasteiger partial charge in [-0.2, -0.15) is 0 Å². The summed E-state index contributed by atoms with van der Waals surface area (Å²) in [4.78, 5) is 49.3. The SMILES string of the molecule is Cc1nc[nH]c1C(=O)N[C@@H](CC(C)C)C(=O)NNC(=O)c1csc(-c2cccc3ccccc23)n1. The number of carbonyl (C=O) groups is 3. The number of benzene rings is 2. The molecule has 0 unspecified atom stereocenters. The van der Waals surface area contributed by atoms with Gasteiger partial charge in [0.15, 0.2) is 0 Å². The number of nitrogens with one attached hydrogen (secondary N) is 4.